The molecule has 1 saturated heterocycles. The van der Waals surface area contributed by atoms with E-state index in [1.165, 1.54) is 0 Å². The van der Waals surface area contributed by atoms with Crippen molar-refractivity contribution in [2.24, 2.45) is 0 Å². The van der Waals surface area contributed by atoms with Gasteiger partial charge in [-0.15, -0.1) is 0 Å². The molecule has 0 atom stereocenters. The predicted molar refractivity (Wildman–Crippen MR) is 115 cm³/mol. The highest BCUT2D eigenvalue weighted by Crippen LogP contribution is 2.41. The average molecular weight is 407 g/mol. The molecule has 0 aliphatic carbocycles. The summed E-state index contributed by atoms with van der Waals surface area (Å²) in [5, 5.41) is 18.5. The molecule has 7 nitrogen and oxygen atoms in total. The van der Waals surface area contributed by atoms with Crippen LogP contribution in [-0.2, 0) is 15.1 Å². The zero-order chi connectivity index (χ0) is 21.0. The van der Waals surface area contributed by atoms with Crippen molar-refractivity contribution >= 4 is 22.6 Å². The van der Waals surface area contributed by atoms with Crippen LogP contribution in [0.5, 0.6) is 0 Å². The number of fused-ring (bicyclic) bond motifs is 3. The Hall–Kier alpha value is -4.02. The molecule has 7 heteroatoms. The largest absolute Gasteiger partial charge is 0.376 e. The minimum atomic E-state index is -0.503. The van der Waals surface area contributed by atoms with Gasteiger partial charge in [0.15, 0.2) is 0 Å². The van der Waals surface area contributed by atoms with Gasteiger partial charge in [0.25, 0.3) is 0 Å². The van der Waals surface area contributed by atoms with Gasteiger partial charge >= 0.3 is 0 Å². The van der Waals surface area contributed by atoms with E-state index in [1.807, 2.05) is 60.7 Å². The summed E-state index contributed by atoms with van der Waals surface area (Å²) >= 11 is 0. The van der Waals surface area contributed by atoms with Crippen LogP contribution in [0.4, 0.5) is 5.82 Å². The average Bonchev–Trinajstić information content (AvgIpc) is 3.15. The van der Waals surface area contributed by atoms with Crippen LogP contribution in [0.15, 0.2) is 60.7 Å². The fourth-order valence-corrected chi connectivity index (χ4v) is 4.33. The fraction of sp³-hybridized carbons (Fsp3) is 0.167. The first-order chi connectivity index (χ1) is 15.2. The number of aromatic nitrogens is 3. The topological polar surface area (TPSA) is 92.8 Å². The number of nitrogens with one attached hydrogen (secondary N) is 1. The number of carbonyl (C=O) groups excluding carboxylic acids is 1. The Bertz CT molecular complexity index is 1400. The van der Waals surface area contributed by atoms with E-state index in [-0.39, 0.29) is 5.91 Å². The highest BCUT2D eigenvalue weighted by atomic mass is 16.5. The van der Waals surface area contributed by atoms with E-state index in [1.54, 1.807) is 4.68 Å². The smallest absolute Gasteiger partial charge is 0.228 e. The minimum Gasteiger partial charge on any atom is -0.376 e. The van der Waals surface area contributed by atoms with Gasteiger partial charge in [0, 0.05) is 16.5 Å². The van der Waals surface area contributed by atoms with E-state index in [9.17, 15) is 10.1 Å². The number of ether oxygens (including phenoxy) is 1. The van der Waals surface area contributed by atoms with Gasteiger partial charge in [-0.05, 0) is 12.1 Å². The first-order valence-electron chi connectivity index (χ1n) is 10.0. The van der Waals surface area contributed by atoms with Crippen LogP contribution in [0.3, 0.4) is 0 Å². The molecule has 4 heterocycles. The highest BCUT2D eigenvalue weighted by molar-refractivity contribution is 5.96. The van der Waals surface area contributed by atoms with Crippen molar-refractivity contribution in [1.29, 1.82) is 5.26 Å². The van der Waals surface area contributed by atoms with Crippen molar-refractivity contribution < 1.29 is 9.53 Å². The van der Waals surface area contributed by atoms with Crippen molar-refractivity contribution in [3.63, 3.8) is 0 Å². The molecule has 0 saturated carbocycles. The van der Waals surface area contributed by atoms with Crippen LogP contribution in [0, 0.1) is 11.3 Å². The summed E-state index contributed by atoms with van der Waals surface area (Å²) in [5.74, 6) is 0.328. The third-order valence-electron chi connectivity index (χ3n) is 5.97. The van der Waals surface area contributed by atoms with Gasteiger partial charge in [-0.3, -0.25) is 4.79 Å². The van der Waals surface area contributed by atoms with Crippen LogP contribution >= 0.6 is 0 Å². The van der Waals surface area contributed by atoms with Gasteiger partial charge in [0.05, 0.1) is 30.8 Å². The summed E-state index contributed by atoms with van der Waals surface area (Å²) < 4.78 is 7.16. The van der Waals surface area contributed by atoms with Crippen LogP contribution in [0.25, 0.3) is 33.4 Å². The molecule has 1 N–H and O–H groups in total. The van der Waals surface area contributed by atoms with Gasteiger partial charge in [-0.25, -0.2) is 9.67 Å². The lowest BCUT2D eigenvalue weighted by molar-refractivity contribution is -0.139. The molecule has 2 aromatic heterocycles. The maximum atomic E-state index is 12.3. The summed E-state index contributed by atoms with van der Waals surface area (Å²) in [7, 11) is 0. The third-order valence-corrected chi connectivity index (χ3v) is 5.97. The number of hydrogen-bond acceptors (Lipinski definition) is 5. The van der Waals surface area contributed by atoms with Crippen molar-refractivity contribution in [3.8, 4) is 28.6 Å². The Kier molecular flexibility index (Phi) is 3.73. The van der Waals surface area contributed by atoms with Crippen LogP contribution in [0.2, 0.25) is 0 Å². The van der Waals surface area contributed by atoms with Crippen LogP contribution < -0.4 is 5.32 Å². The molecule has 2 aliphatic rings. The highest BCUT2D eigenvalue weighted by Gasteiger charge is 2.48. The SMILES string of the molecule is N#Cc1c(-c2ccc3ccc(-c4ccccc4)nc3c2)nn2c1NC(=O)CC21COC1. The van der Waals surface area contributed by atoms with E-state index in [2.05, 4.69) is 11.4 Å². The third kappa shape index (κ3) is 2.66. The molecule has 6 rings (SSSR count). The summed E-state index contributed by atoms with van der Waals surface area (Å²) in [6, 6.07) is 22.1. The van der Waals surface area contributed by atoms with Crippen molar-refractivity contribution in [2.75, 3.05) is 18.5 Å². The Morgan fingerprint density at radius 3 is 2.61 bits per heavy atom. The molecule has 1 fully saturated rings. The number of benzene rings is 2. The number of anilines is 1. The molecular weight excluding hydrogens is 390 g/mol. The molecule has 2 aromatic carbocycles. The standard InChI is InChI=1S/C24H17N5O2/c25-12-18-22(28-29-23(18)27-21(30)11-24(29)13-31-14-24)17-7-6-16-8-9-19(26-20(16)10-17)15-4-2-1-3-5-15/h1-10H,11,13-14H2,(H,27,30). The number of carbonyl (C=O) groups is 1. The molecular formula is C24H17N5O2. The van der Waals surface area contributed by atoms with Crippen molar-refractivity contribution in [3.05, 3.63) is 66.2 Å². The predicted octanol–water partition coefficient (Wildman–Crippen LogP) is 3.70. The molecule has 0 unspecified atom stereocenters. The fourth-order valence-electron chi connectivity index (χ4n) is 4.33. The second kappa shape index (κ2) is 6.49. The summed E-state index contributed by atoms with van der Waals surface area (Å²) in [4.78, 5) is 17.1. The van der Waals surface area contributed by atoms with Crippen molar-refractivity contribution in [1.82, 2.24) is 14.8 Å². The van der Waals surface area contributed by atoms with E-state index in [4.69, 9.17) is 14.8 Å². The quantitative estimate of drug-likeness (QED) is 0.547. The lowest BCUT2D eigenvalue weighted by Crippen LogP contribution is -2.56. The number of hydrogen-bond donors (Lipinski definition) is 1. The number of amides is 1. The van der Waals surface area contributed by atoms with E-state index >= 15 is 0 Å². The van der Waals surface area contributed by atoms with Crippen LogP contribution in [0.1, 0.15) is 12.0 Å². The maximum absolute atomic E-state index is 12.3. The number of nitrogens with zero attached hydrogens (tertiary/aromatic N) is 4. The Morgan fingerprint density at radius 2 is 1.87 bits per heavy atom. The number of pyridine rings is 1. The molecule has 4 aromatic rings. The van der Waals surface area contributed by atoms with E-state index in [0.717, 1.165) is 27.7 Å². The van der Waals surface area contributed by atoms with Gasteiger partial charge in [0.2, 0.25) is 5.91 Å². The van der Waals surface area contributed by atoms with Crippen molar-refractivity contribution in [2.45, 2.75) is 12.0 Å². The van der Waals surface area contributed by atoms with Gasteiger partial charge < -0.3 is 10.1 Å². The second-order valence-corrected chi connectivity index (χ2v) is 8.01. The van der Waals surface area contributed by atoms with E-state index < -0.39 is 5.54 Å². The monoisotopic (exact) mass is 407 g/mol. The van der Waals surface area contributed by atoms with Gasteiger partial charge in [-0.1, -0.05) is 48.5 Å². The lowest BCUT2D eigenvalue weighted by atomic mass is 9.91. The van der Waals surface area contributed by atoms with E-state index in [0.29, 0.717) is 36.7 Å². The Labute approximate surface area is 177 Å². The molecule has 0 radical (unpaired) electrons. The molecule has 1 spiro atoms. The zero-order valence-corrected chi connectivity index (χ0v) is 16.5. The summed E-state index contributed by atoms with van der Waals surface area (Å²) in [5.41, 5.74) is 3.93. The minimum absolute atomic E-state index is 0.119. The summed E-state index contributed by atoms with van der Waals surface area (Å²) in [6.07, 6.45) is 0.297. The molecule has 0 bridgehead atoms. The first kappa shape index (κ1) is 17.8. The Balaban J connectivity index is 1.50. The lowest BCUT2D eigenvalue weighted by Gasteiger charge is -2.44. The second-order valence-electron chi connectivity index (χ2n) is 8.01. The maximum Gasteiger partial charge on any atom is 0.228 e. The van der Waals surface area contributed by atoms with Crippen LogP contribution in [-0.4, -0.2) is 33.9 Å². The molecule has 1 amide bonds. The molecule has 31 heavy (non-hydrogen) atoms. The zero-order valence-electron chi connectivity index (χ0n) is 16.5. The molecule has 150 valence electrons. The number of rotatable bonds is 2. The summed E-state index contributed by atoms with van der Waals surface area (Å²) in [6.45, 7) is 0.832. The van der Waals surface area contributed by atoms with Gasteiger partial charge in [0.1, 0.15) is 28.7 Å². The van der Waals surface area contributed by atoms with Gasteiger partial charge in [-0.2, -0.15) is 10.4 Å². The number of nitriles is 1. The normalized spacial score (nSPS) is 16.4. The Morgan fingerprint density at radius 1 is 1.06 bits per heavy atom. The molecule has 2 aliphatic heterocycles. The first-order valence-corrected chi connectivity index (χ1v) is 10.0.